The summed E-state index contributed by atoms with van der Waals surface area (Å²) in [5.74, 6) is 0.905. The highest BCUT2D eigenvalue weighted by atomic mass is 32.2. The average molecular weight is 242 g/mol. The van der Waals surface area contributed by atoms with Crippen LogP contribution in [0, 0.1) is 16.7 Å². The molecule has 1 heterocycles. The molecule has 0 saturated carbocycles. The van der Waals surface area contributed by atoms with Gasteiger partial charge in [-0.15, -0.1) is 0 Å². The smallest absolute Gasteiger partial charge is 0.240 e. The number of nitrogens with zero attached hydrogens (tertiary/aromatic N) is 1. The number of carbonyl (C=O) groups is 1. The van der Waals surface area contributed by atoms with Crippen LogP contribution in [0.1, 0.15) is 19.3 Å². The molecule has 1 fully saturated rings. The fraction of sp³-hybridized carbons (Fsp3) is 0.818. The lowest BCUT2D eigenvalue weighted by atomic mass is 9.81. The third-order valence-corrected chi connectivity index (χ3v) is 3.50. The fourth-order valence-electron chi connectivity index (χ4n) is 1.70. The van der Waals surface area contributed by atoms with Gasteiger partial charge in [-0.2, -0.15) is 17.0 Å². The summed E-state index contributed by atoms with van der Waals surface area (Å²) in [5.41, 5.74) is -0.850. The summed E-state index contributed by atoms with van der Waals surface area (Å²) in [6.07, 6.45) is 4.01. The zero-order valence-corrected chi connectivity index (χ0v) is 10.4. The summed E-state index contributed by atoms with van der Waals surface area (Å²) in [5, 5.41) is 12.0. The van der Waals surface area contributed by atoms with Gasteiger partial charge in [0.15, 0.2) is 0 Å². The maximum absolute atomic E-state index is 11.9. The van der Waals surface area contributed by atoms with E-state index in [1.165, 1.54) is 0 Å². The van der Waals surface area contributed by atoms with Crippen molar-refractivity contribution in [2.24, 2.45) is 5.41 Å². The van der Waals surface area contributed by atoms with Gasteiger partial charge in [-0.1, -0.05) is 0 Å². The van der Waals surface area contributed by atoms with Crippen molar-refractivity contribution in [2.45, 2.75) is 19.3 Å². The molecule has 5 heteroatoms. The molecule has 16 heavy (non-hydrogen) atoms. The topological polar surface area (TPSA) is 62.1 Å². The Labute approximate surface area is 101 Å². The minimum absolute atomic E-state index is 0.126. The van der Waals surface area contributed by atoms with Crippen molar-refractivity contribution in [2.75, 3.05) is 31.8 Å². The van der Waals surface area contributed by atoms with Crippen LogP contribution in [0.3, 0.4) is 0 Å². The van der Waals surface area contributed by atoms with E-state index in [-0.39, 0.29) is 5.91 Å². The maximum atomic E-state index is 11.9. The number of nitriles is 1. The molecular formula is C11H18N2O2S. The lowest BCUT2D eigenvalue weighted by Gasteiger charge is -2.29. The first-order valence-electron chi connectivity index (χ1n) is 5.51. The first-order valence-corrected chi connectivity index (χ1v) is 6.91. The molecule has 1 amide bonds. The molecular weight excluding hydrogens is 224 g/mol. The Balaban J connectivity index is 2.40. The van der Waals surface area contributed by atoms with E-state index in [1.807, 2.05) is 6.26 Å². The van der Waals surface area contributed by atoms with Crippen LogP contribution in [-0.4, -0.2) is 37.7 Å². The first-order chi connectivity index (χ1) is 7.75. The Kier molecular flexibility index (Phi) is 5.64. The molecule has 0 radical (unpaired) electrons. The van der Waals surface area contributed by atoms with E-state index in [2.05, 4.69) is 11.4 Å². The van der Waals surface area contributed by atoms with Gasteiger partial charge in [0.1, 0.15) is 5.41 Å². The zero-order valence-electron chi connectivity index (χ0n) is 9.62. The van der Waals surface area contributed by atoms with Crippen molar-refractivity contribution in [3.63, 3.8) is 0 Å². The van der Waals surface area contributed by atoms with E-state index in [1.54, 1.807) is 11.8 Å². The summed E-state index contributed by atoms with van der Waals surface area (Å²) >= 11 is 1.76. The van der Waals surface area contributed by atoms with E-state index in [4.69, 9.17) is 10.00 Å². The van der Waals surface area contributed by atoms with Crippen molar-refractivity contribution >= 4 is 17.7 Å². The van der Waals surface area contributed by atoms with E-state index in [9.17, 15) is 4.79 Å². The Morgan fingerprint density at radius 1 is 1.56 bits per heavy atom. The van der Waals surface area contributed by atoms with Crippen LogP contribution in [0.5, 0.6) is 0 Å². The highest BCUT2D eigenvalue weighted by Crippen LogP contribution is 2.29. The van der Waals surface area contributed by atoms with Crippen LogP contribution in [-0.2, 0) is 9.53 Å². The fourth-order valence-corrected chi connectivity index (χ4v) is 2.13. The molecule has 1 rings (SSSR count). The third kappa shape index (κ3) is 3.39. The molecule has 0 bridgehead atoms. The summed E-state index contributed by atoms with van der Waals surface area (Å²) in [7, 11) is 0. The third-order valence-electron chi connectivity index (χ3n) is 2.81. The number of thioether (sulfide) groups is 1. The van der Waals surface area contributed by atoms with Crippen molar-refractivity contribution in [3.05, 3.63) is 0 Å². The van der Waals surface area contributed by atoms with Crippen molar-refractivity contribution in [1.29, 1.82) is 5.26 Å². The molecule has 0 spiro atoms. The van der Waals surface area contributed by atoms with Crippen LogP contribution in [0.25, 0.3) is 0 Å². The van der Waals surface area contributed by atoms with Crippen molar-refractivity contribution in [1.82, 2.24) is 5.32 Å². The molecule has 1 aliphatic rings. The van der Waals surface area contributed by atoms with Gasteiger partial charge in [0, 0.05) is 19.8 Å². The Morgan fingerprint density at radius 2 is 2.25 bits per heavy atom. The van der Waals surface area contributed by atoms with Gasteiger partial charge in [-0.25, -0.2) is 0 Å². The molecule has 0 aromatic carbocycles. The maximum Gasteiger partial charge on any atom is 0.240 e. The van der Waals surface area contributed by atoms with Crippen LogP contribution >= 0.6 is 11.8 Å². The van der Waals surface area contributed by atoms with E-state index >= 15 is 0 Å². The molecule has 0 aromatic heterocycles. The van der Waals surface area contributed by atoms with Crippen molar-refractivity contribution in [3.8, 4) is 6.07 Å². The van der Waals surface area contributed by atoms with E-state index < -0.39 is 5.41 Å². The predicted octanol–water partition coefficient (Wildman–Crippen LogP) is 1.18. The molecule has 1 N–H and O–H groups in total. The number of amides is 1. The largest absolute Gasteiger partial charge is 0.381 e. The highest BCUT2D eigenvalue weighted by Gasteiger charge is 2.40. The van der Waals surface area contributed by atoms with Crippen LogP contribution in [0.15, 0.2) is 0 Å². The lowest BCUT2D eigenvalue weighted by molar-refractivity contribution is -0.132. The molecule has 0 aromatic rings. The number of carbonyl (C=O) groups excluding carboxylic acids is 1. The summed E-state index contributed by atoms with van der Waals surface area (Å²) in [6, 6.07) is 2.16. The van der Waals surface area contributed by atoms with E-state index in [0.29, 0.717) is 32.6 Å². The van der Waals surface area contributed by atoms with E-state index in [0.717, 1.165) is 12.2 Å². The predicted molar refractivity (Wildman–Crippen MR) is 64.1 cm³/mol. The minimum Gasteiger partial charge on any atom is -0.381 e. The quantitative estimate of drug-likeness (QED) is 0.735. The molecule has 1 saturated heterocycles. The molecule has 0 aliphatic carbocycles. The van der Waals surface area contributed by atoms with Gasteiger partial charge in [0.2, 0.25) is 5.91 Å². The van der Waals surface area contributed by atoms with Gasteiger partial charge in [0.05, 0.1) is 6.07 Å². The van der Waals surface area contributed by atoms with Crippen molar-refractivity contribution < 1.29 is 9.53 Å². The number of hydrogen-bond donors (Lipinski definition) is 1. The van der Waals surface area contributed by atoms with Crippen LogP contribution < -0.4 is 5.32 Å². The van der Waals surface area contributed by atoms with Gasteiger partial charge in [-0.05, 0) is 31.3 Å². The highest BCUT2D eigenvalue weighted by molar-refractivity contribution is 7.98. The molecule has 0 atom stereocenters. The van der Waals surface area contributed by atoms with Gasteiger partial charge in [-0.3, -0.25) is 4.79 Å². The van der Waals surface area contributed by atoms with Gasteiger partial charge >= 0.3 is 0 Å². The standard InChI is InChI=1S/C11H18N2O2S/c1-16-8-2-5-13-10(14)11(9-12)3-6-15-7-4-11/h2-8H2,1H3,(H,13,14). The minimum atomic E-state index is -0.850. The molecule has 1 aliphatic heterocycles. The first kappa shape index (κ1) is 13.3. The number of ether oxygens (including phenoxy) is 1. The van der Waals surface area contributed by atoms with Crippen LogP contribution in [0.2, 0.25) is 0 Å². The monoisotopic (exact) mass is 242 g/mol. The number of rotatable bonds is 5. The lowest BCUT2D eigenvalue weighted by Crippen LogP contribution is -2.44. The SMILES string of the molecule is CSCCCNC(=O)C1(C#N)CCOCC1. The van der Waals surface area contributed by atoms with Gasteiger partial charge < -0.3 is 10.1 Å². The molecule has 0 unspecified atom stereocenters. The second kappa shape index (κ2) is 6.77. The average Bonchev–Trinajstić information content (AvgIpc) is 2.35. The summed E-state index contributed by atoms with van der Waals surface area (Å²) < 4.78 is 5.19. The Bertz CT molecular complexity index is 270. The summed E-state index contributed by atoms with van der Waals surface area (Å²) in [4.78, 5) is 11.9. The number of nitrogens with one attached hydrogen (secondary N) is 1. The normalized spacial score (nSPS) is 18.8. The zero-order chi connectivity index (χ0) is 11.9. The van der Waals surface area contributed by atoms with Crippen LogP contribution in [0.4, 0.5) is 0 Å². The summed E-state index contributed by atoms with van der Waals surface area (Å²) in [6.45, 7) is 1.67. The molecule has 90 valence electrons. The second-order valence-electron chi connectivity index (χ2n) is 3.91. The molecule has 4 nitrogen and oxygen atoms in total. The van der Waals surface area contributed by atoms with Gasteiger partial charge in [0.25, 0.3) is 0 Å². The second-order valence-corrected chi connectivity index (χ2v) is 4.89. The Hall–Kier alpha value is -0.730. The Morgan fingerprint density at radius 3 is 2.81 bits per heavy atom. The number of hydrogen-bond acceptors (Lipinski definition) is 4.